The van der Waals surface area contributed by atoms with Gasteiger partial charge in [-0.15, -0.1) is 0 Å². The summed E-state index contributed by atoms with van der Waals surface area (Å²) in [6.07, 6.45) is 1.81. The molecule has 0 spiro atoms. The molecule has 1 aromatic rings. The minimum Gasteiger partial charge on any atom is -0.492 e. The Balaban J connectivity index is 2.02. The third-order valence-electron chi connectivity index (χ3n) is 3.55. The van der Waals surface area contributed by atoms with E-state index in [-0.39, 0.29) is 0 Å². The van der Waals surface area contributed by atoms with Crippen LogP contribution in [0.2, 0.25) is 0 Å². The fraction of sp³-hybridized carbons (Fsp3) is 0.571. The van der Waals surface area contributed by atoms with Crippen molar-refractivity contribution in [1.82, 2.24) is 4.31 Å². The maximum Gasteiger partial charge on any atom is 0.301 e. The lowest BCUT2D eigenvalue weighted by Gasteiger charge is -2.29. The van der Waals surface area contributed by atoms with E-state index in [0.717, 1.165) is 12.8 Å². The van der Waals surface area contributed by atoms with Crippen LogP contribution in [-0.4, -0.2) is 39.0 Å². The number of nitrogens with two attached hydrogens (primary N) is 1. The molecular formula is C14H23N3O3S. The molecule has 3 N–H and O–H groups in total. The zero-order valence-electron chi connectivity index (χ0n) is 12.3. The Labute approximate surface area is 126 Å². The molecule has 0 atom stereocenters. The molecular weight excluding hydrogens is 290 g/mol. The summed E-state index contributed by atoms with van der Waals surface area (Å²) in [6, 6.07) is 6.90. The summed E-state index contributed by atoms with van der Waals surface area (Å²) in [4.78, 5) is 0. The molecule has 7 heteroatoms. The number of rotatable bonds is 6. The van der Waals surface area contributed by atoms with Crippen LogP contribution >= 0.6 is 0 Å². The van der Waals surface area contributed by atoms with E-state index < -0.39 is 10.2 Å². The Bertz CT molecular complexity index is 554. The van der Waals surface area contributed by atoms with E-state index >= 15 is 0 Å². The van der Waals surface area contributed by atoms with Gasteiger partial charge in [-0.25, -0.2) is 0 Å². The van der Waals surface area contributed by atoms with Crippen molar-refractivity contribution in [1.29, 1.82) is 0 Å². The summed E-state index contributed by atoms with van der Waals surface area (Å²) in [7, 11) is -3.49. The third kappa shape index (κ3) is 4.59. The van der Waals surface area contributed by atoms with Gasteiger partial charge in [0.15, 0.2) is 0 Å². The molecule has 1 aliphatic rings. The van der Waals surface area contributed by atoms with Crippen molar-refractivity contribution in [3.63, 3.8) is 0 Å². The number of benzene rings is 1. The molecule has 1 aromatic carbocycles. The SMILES string of the molecule is CC1CCN(S(=O)(=O)Nc2cccc(OCCN)c2)CC1. The smallest absolute Gasteiger partial charge is 0.301 e. The molecule has 0 bridgehead atoms. The number of nitrogens with zero attached hydrogens (tertiary/aromatic N) is 1. The van der Waals surface area contributed by atoms with Gasteiger partial charge in [0.1, 0.15) is 12.4 Å². The number of hydrogen-bond donors (Lipinski definition) is 2. The molecule has 6 nitrogen and oxygen atoms in total. The molecule has 21 heavy (non-hydrogen) atoms. The lowest BCUT2D eigenvalue weighted by molar-refractivity contribution is 0.289. The minimum absolute atomic E-state index is 0.403. The van der Waals surface area contributed by atoms with Crippen molar-refractivity contribution in [2.45, 2.75) is 19.8 Å². The molecule has 1 aliphatic heterocycles. The van der Waals surface area contributed by atoms with E-state index in [2.05, 4.69) is 11.6 Å². The quantitative estimate of drug-likeness (QED) is 0.831. The van der Waals surface area contributed by atoms with E-state index in [4.69, 9.17) is 10.5 Å². The first-order chi connectivity index (χ1) is 10.0. The van der Waals surface area contributed by atoms with Gasteiger partial charge in [-0.1, -0.05) is 13.0 Å². The summed E-state index contributed by atoms with van der Waals surface area (Å²) in [5.41, 5.74) is 5.88. The van der Waals surface area contributed by atoms with Gasteiger partial charge >= 0.3 is 10.2 Å². The van der Waals surface area contributed by atoms with Crippen molar-refractivity contribution in [2.75, 3.05) is 31.0 Å². The number of nitrogens with one attached hydrogen (secondary N) is 1. The Kier molecular flexibility index (Phi) is 5.44. The Morgan fingerprint density at radius 3 is 2.76 bits per heavy atom. The lowest BCUT2D eigenvalue weighted by Crippen LogP contribution is -2.41. The monoisotopic (exact) mass is 313 g/mol. The normalized spacial score (nSPS) is 17.6. The Hall–Kier alpha value is -1.31. The third-order valence-corrected chi connectivity index (χ3v) is 5.09. The molecule has 0 saturated carbocycles. The van der Waals surface area contributed by atoms with Gasteiger partial charge in [0, 0.05) is 25.7 Å². The summed E-state index contributed by atoms with van der Waals surface area (Å²) >= 11 is 0. The zero-order valence-corrected chi connectivity index (χ0v) is 13.1. The number of ether oxygens (including phenoxy) is 1. The van der Waals surface area contributed by atoms with Crippen LogP contribution in [0.1, 0.15) is 19.8 Å². The number of piperidine rings is 1. The molecule has 0 unspecified atom stereocenters. The first kappa shape index (κ1) is 16.1. The van der Waals surface area contributed by atoms with Crippen molar-refractivity contribution < 1.29 is 13.2 Å². The van der Waals surface area contributed by atoms with Crippen LogP contribution in [0.25, 0.3) is 0 Å². The van der Waals surface area contributed by atoms with Crippen molar-refractivity contribution >= 4 is 15.9 Å². The van der Waals surface area contributed by atoms with Crippen molar-refractivity contribution in [3.05, 3.63) is 24.3 Å². The first-order valence-corrected chi connectivity index (χ1v) is 8.66. The van der Waals surface area contributed by atoms with E-state index in [1.807, 2.05) is 0 Å². The zero-order chi connectivity index (χ0) is 15.3. The fourth-order valence-corrected chi connectivity index (χ4v) is 3.51. The first-order valence-electron chi connectivity index (χ1n) is 7.22. The van der Waals surface area contributed by atoms with Gasteiger partial charge in [0.05, 0.1) is 5.69 Å². The minimum atomic E-state index is -3.49. The predicted octanol–water partition coefficient (Wildman–Crippen LogP) is 1.41. The van der Waals surface area contributed by atoms with Crippen LogP contribution < -0.4 is 15.2 Å². The molecule has 0 amide bonds. The van der Waals surface area contributed by atoms with Gasteiger partial charge in [0.2, 0.25) is 0 Å². The highest BCUT2D eigenvalue weighted by Gasteiger charge is 2.26. The highest BCUT2D eigenvalue weighted by atomic mass is 32.2. The largest absolute Gasteiger partial charge is 0.492 e. The summed E-state index contributed by atoms with van der Waals surface area (Å²) < 4.78 is 34.2. The fourth-order valence-electron chi connectivity index (χ4n) is 2.26. The average Bonchev–Trinajstić information content (AvgIpc) is 2.45. The van der Waals surface area contributed by atoms with Gasteiger partial charge in [0.25, 0.3) is 0 Å². The molecule has 1 fully saturated rings. The highest BCUT2D eigenvalue weighted by molar-refractivity contribution is 7.90. The molecule has 0 aliphatic carbocycles. The second-order valence-corrected chi connectivity index (χ2v) is 7.02. The number of anilines is 1. The Morgan fingerprint density at radius 1 is 1.38 bits per heavy atom. The van der Waals surface area contributed by atoms with Crippen LogP contribution in [0.15, 0.2) is 24.3 Å². The standard InChI is InChI=1S/C14H23N3O3S/c1-12-5-8-17(9-6-12)21(18,19)16-13-3-2-4-14(11-13)20-10-7-15/h2-4,11-12,16H,5-10,15H2,1H3. The lowest BCUT2D eigenvalue weighted by atomic mass is 10.0. The van der Waals surface area contributed by atoms with Crippen LogP contribution in [0, 0.1) is 5.92 Å². The van der Waals surface area contributed by atoms with Crippen LogP contribution in [-0.2, 0) is 10.2 Å². The molecule has 1 saturated heterocycles. The maximum absolute atomic E-state index is 12.3. The highest BCUT2D eigenvalue weighted by Crippen LogP contribution is 2.22. The summed E-state index contributed by atoms with van der Waals surface area (Å²) in [5.74, 6) is 1.19. The summed E-state index contributed by atoms with van der Waals surface area (Å²) in [6.45, 7) is 4.11. The van der Waals surface area contributed by atoms with Crippen LogP contribution in [0.3, 0.4) is 0 Å². The molecule has 1 heterocycles. The van der Waals surface area contributed by atoms with E-state index in [9.17, 15) is 8.42 Å². The van der Waals surface area contributed by atoms with E-state index in [1.165, 1.54) is 4.31 Å². The molecule has 118 valence electrons. The van der Waals surface area contributed by atoms with Gasteiger partial charge < -0.3 is 10.5 Å². The van der Waals surface area contributed by atoms with Gasteiger partial charge in [-0.2, -0.15) is 12.7 Å². The second-order valence-electron chi connectivity index (χ2n) is 5.35. The van der Waals surface area contributed by atoms with Crippen LogP contribution in [0.4, 0.5) is 5.69 Å². The van der Waals surface area contributed by atoms with Crippen molar-refractivity contribution in [2.24, 2.45) is 11.7 Å². The topological polar surface area (TPSA) is 84.7 Å². The summed E-state index contributed by atoms with van der Waals surface area (Å²) in [5, 5.41) is 0. The molecule has 0 radical (unpaired) electrons. The average molecular weight is 313 g/mol. The molecule has 2 rings (SSSR count). The van der Waals surface area contributed by atoms with Crippen LogP contribution in [0.5, 0.6) is 5.75 Å². The van der Waals surface area contributed by atoms with Gasteiger partial charge in [-0.3, -0.25) is 4.72 Å². The van der Waals surface area contributed by atoms with E-state index in [1.54, 1.807) is 24.3 Å². The van der Waals surface area contributed by atoms with Gasteiger partial charge in [-0.05, 0) is 30.9 Å². The second kappa shape index (κ2) is 7.11. The predicted molar refractivity (Wildman–Crippen MR) is 83.5 cm³/mol. The number of hydrogen-bond acceptors (Lipinski definition) is 4. The van der Waals surface area contributed by atoms with E-state index in [0.29, 0.717) is 43.6 Å². The molecule has 0 aromatic heterocycles. The maximum atomic E-state index is 12.3. The Morgan fingerprint density at radius 2 is 2.10 bits per heavy atom. The van der Waals surface area contributed by atoms with Crippen molar-refractivity contribution in [3.8, 4) is 5.75 Å².